The molecule has 1 saturated heterocycles. The van der Waals surface area contributed by atoms with Crippen molar-refractivity contribution in [1.29, 1.82) is 0 Å². The summed E-state index contributed by atoms with van der Waals surface area (Å²) < 4.78 is 22.6. The van der Waals surface area contributed by atoms with Gasteiger partial charge in [0.05, 0.1) is 19.8 Å². The lowest BCUT2D eigenvalue weighted by molar-refractivity contribution is -0.305. The van der Waals surface area contributed by atoms with Crippen LogP contribution < -0.4 is 0 Å². The second-order valence-corrected chi connectivity index (χ2v) is 12.3. The normalized spacial score (nSPS) is 22.8. The van der Waals surface area contributed by atoms with Crippen molar-refractivity contribution in [2.24, 2.45) is 0 Å². The molecule has 1 heterocycles. The van der Waals surface area contributed by atoms with Crippen LogP contribution in [0.5, 0.6) is 0 Å². The molecule has 6 atom stereocenters. The highest BCUT2D eigenvalue weighted by atomic mass is 16.7. The summed E-state index contributed by atoms with van der Waals surface area (Å²) >= 11 is 0. The predicted octanol–water partition coefficient (Wildman–Crippen LogP) is 6.30. The van der Waals surface area contributed by atoms with Crippen molar-refractivity contribution >= 4 is 5.97 Å². The number of rotatable bonds is 29. The van der Waals surface area contributed by atoms with E-state index in [-0.39, 0.29) is 19.2 Å². The fourth-order valence-corrected chi connectivity index (χ4v) is 5.21. The third-order valence-corrected chi connectivity index (χ3v) is 8.12. The molecule has 1 aliphatic rings. The molecule has 9 heteroatoms. The number of allylic oxidation sites excluding steroid dienone is 4. The molecule has 1 rings (SSSR count). The first-order valence-corrected chi connectivity index (χ1v) is 17.9. The number of hydrogen-bond acceptors (Lipinski definition) is 9. The Hall–Kier alpha value is -1.33. The number of hydrogen-bond donors (Lipinski definition) is 4. The van der Waals surface area contributed by atoms with Crippen LogP contribution in [-0.2, 0) is 23.7 Å². The van der Waals surface area contributed by atoms with Gasteiger partial charge in [0.2, 0.25) is 0 Å². The van der Waals surface area contributed by atoms with Gasteiger partial charge in [0, 0.05) is 13.0 Å². The average Bonchev–Trinajstić information content (AvgIpc) is 3.04. The molecule has 0 aromatic carbocycles. The molecule has 0 aromatic rings. The topological polar surface area (TPSA) is 135 Å². The van der Waals surface area contributed by atoms with Gasteiger partial charge in [0.1, 0.15) is 30.5 Å². The minimum atomic E-state index is -1.53. The lowest BCUT2D eigenvalue weighted by atomic mass is 9.99. The van der Waals surface area contributed by atoms with Gasteiger partial charge in [-0.3, -0.25) is 4.79 Å². The van der Waals surface area contributed by atoms with Crippen LogP contribution in [0.2, 0.25) is 0 Å². The van der Waals surface area contributed by atoms with Crippen molar-refractivity contribution < 1.29 is 44.2 Å². The second kappa shape index (κ2) is 28.9. The van der Waals surface area contributed by atoms with E-state index in [4.69, 9.17) is 18.9 Å². The first kappa shape index (κ1) is 41.7. The Morgan fingerprint density at radius 2 is 1.31 bits per heavy atom. The molecule has 45 heavy (non-hydrogen) atoms. The van der Waals surface area contributed by atoms with Gasteiger partial charge in [-0.05, 0) is 38.5 Å². The first-order valence-electron chi connectivity index (χ1n) is 17.9. The van der Waals surface area contributed by atoms with Crippen molar-refractivity contribution in [3.63, 3.8) is 0 Å². The highest BCUT2D eigenvalue weighted by Crippen LogP contribution is 2.22. The fraction of sp³-hybridized carbons (Fsp3) is 0.861. The third-order valence-electron chi connectivity index (χ3n) is 8.12. The molecule has 0 amide bonds. The summed E-state index contributed by atoms with van der Waals surface area (Å²) in [5.74, 6) is -0.331. The van der Waals surface area contributed by atoms with E-state index >= 15 is 0 Å². The lowest BCUT2D eigenvalue weighted by Gasteiger charge is -2.39. The standard InChI is InChI=1S/C36H66O9/c1-3-5-7-9-11-13-14-15-16-17-18-19-21-23-25-32(38)44-30(28-42-26-24-22-20-12-10-8-6-4-2)29-43-36-35(41)34(40)33(39)31(27-37)45-36/h9,11,14-15,30-31,33-37,39-41H,3-8,10,12-13,16-29H2,1-2H3/b11-9-,15-14-. The number of carbonyl (C=O) groups is 1. The van der Waals surface area contributed by atoms with Crippen LogP contribution in [0, 0.1) is 0 Å². The third kappa shape index (κ3) is 21.2. The Kier molecular flexibility index (Phi) is 26.7. The monoisotopic (exact) mass is 642 g/mol. The average molecular weight is 643 g/mol. The Labute approximate surface area is 273 Å². The molecule has 0 aromatic heterocycles. The maximum absolute atomic E-state index is 12.6. The molecule has 0 aliphatic carbocycles. The van der Waals surface area contributed by atoms with E-state index in [1.54, 1.807) is 0 Å². The maximum Gasteiger partial charge on any atom is 0.306 e. The molecular weight excluding hydrogens is 576 g/mol. The number of carbonyl (C=O) groups excluding carboxylic acids is 1. The van der Waals surface area contributed by atoms with Gasteiger partial charge < -0.3 is 39.4 Å². The first-order chi connectivity index (χ1) is 21.9. The van der Waals surface area contributed by atoms with E-state index in [9.17, 15) is 25.2 Å². The Bertz CT molecular complexity index is 742. The maximum atomic E-state index is 12.6. The molecule has 1 aliphatic heterocycles. The summed E-state index contributed by atoms with van der Waals surface area (Å²) in [6.07, 6.45) is 22.1. The van der Waals surface area contributed by atoms with Crippen LogP contribution in [0.4, 0.5) is 0 Å². The quantitative estimate of drug-likeness (QED) is 0.0421. The Balaban J connectivity index is 2.36. The van der Waals surface area contributed by atoms with E-state index in [1.165, 1.54) is 57.8 Å². The van der Waals surface area contributed by atoms with Crippen LogP contribution in [-0.4, -0.2) is 89.6 Å². The summed E-state index contributed by atoms with van der Waals surface area (Å²) in [6.45, 7) is 4.45. The molecule has 0 radical (unpaired) electrons. The van der Waals surface area contributed by atoms with Crippen molar-refractivity contribution in [1.82, 2.24) is 0 Å². The van der Waals surface area contributed by atoms with Crippen LogP contribution in [0.15, 0.2) is 24.3 Å². The minimum Gasteiger partial charge on any atom is -0.457 e. The number of esters is 1. The summed E-state index contributed by atoms with van der Waals surface area (Å²) in [5.41, 5.74) is 0. The van der Waals surface area contributed by atoms with Crippen molar-refractivity contribution in [2.75, 3.05) is 26.4 Å². The lowest BCUT2D eigenvalue weighted by Crippen LogP contribution is -2.59. The highest BCUT2D eigenvalue weighted by molar-refractivity contribution is 5.69. The Morgan fingerprint density at radius 1 is 0.711 bits per heavy atom. The summed E-state index contributed by atoms with van der Waals surface area (Å²) in [7, 11) is 0. The smallest absolute Gasteiger partial charge is 0.306 e. The fourth-order valence-electron chi connectivity index (χ4n) is 5.21. The zero-order chi connectivity index (χ0) is 33.0. The molecular formula is C36H66O9. The van der Waals surface area contributed by atoms with Crippen LogP contribution in [0.3, 0.4) is 0 Å². The molecule has 0 bridgehead atoms. The predicted molar refractivity (Wildman–Crippen MR) is 178 cm³/mol. The van der Waals surface area contributed by atoms with Crippen molar-refractivity contribution in [3.8, 4) is 0 Å². The van der Waals surface area contributed by atoms with Crippen molar-refractivity contribution in [3.05, 3.63) is 24.3 Å². The minimum absolute atomic E-state index is 0.117. The molecule has 0 spiro atoms. The zero-order valence-electron chi connectivity index (χ0n) is 28.4. The zero-order valence-corrected chi connectivity index (χ0v) is 28.4. The second-order valence-electron chi connectivity index (χ2n) is 12.3. The van der Waals surface area contributed by atoms with E-state index in [0.29, 0.717) is 13.0 Å². The number of aliphatic hydroxyl groups is 4. The van der Waals surface area contributed by atoms with Gasteiger partial charge in [-0.1, -0.05) is 115 Å². The summed E-state index contributed by atoms with van der Waals surface area (Å²) in [4.78, 5) is 12.6. The van der Waals surface area contributed by atoms with Gasteiger partial charge in [-0.2, -0.15) is 0 Å². The van der Waals surface area contributed by atoms with Gasteiger partial charge in [-0.15, -0.1) is 0 Å². The Morgan fingerprint density at radius 3 is 1.98 bits per heavy atom. The molecule has 0 saturated carbocycles. The van der Waals surface area contributed by atoms with Gasteiger partial charge in [-0.25, -0.2) is 0 Å². The summed E-state index contributed by atoms with van der Waals surface area (Å²) in [5, 5.41) is 39.8. The van der Waals surface area contributed by atoms with Crippen molar-refractivity contribution in [2.45, 2.75) is 173 Å². The molecule has 4 N–H and O–H groups in total. The number of ether oxygens (including phenoxy) is 4. The SMILES string of the molecule is CCCC/C=C\C/C=C\CCCCCCCC(=O)OC(COCCCCCCCCCC)COC1OC(CO)C(O)C(O)C1O. The molecule has 264 valence electrons. The number of unbranched alkanes of at least 4 members (excludes halogenated alkanes) is 14. The largest absolute Gasteiger partial charge is 0.457 e. The number of aliphatic hydroxyl groups excluding tert-OH is 4. The van der Waals surface area contributed by atoms with Gasteiger partial charge in [0.25, 0.3) is 0 Å². The molecule has 6 unspecified atom stereocenters. The molecule has 1 fully saturated rings. The van der Waals surface area contributed by atoms with E-state index < -0.39 is 43.4 Å². The molecule has 9 nitrogen and oxygen atoms in total. The van der Waals surface area contributed by atoms with Crippen LogP contribution in [0.1, 0.15) is 136 Å². The summed E-state index contributed by atoms with van der Waals surface area (Å²) in [6, 6.07) is 0. The van der Waals surface area contributed by atoms with E-state index in [0.717, 1.165) is 57.8 Å². The van der Waals surface area contributed by atoms with Crippen LogP contribution >= 0.6 is 0 Å². The highest BCUT2D eigenvalue weighted by Gasteiger charge is 2.44. The van der Waals surface area contributed by atoms with Crippen LogP contribution in [0.25, 0.3) is 0 Å². The van der Waals surface area contributed by atoms with E-state index in [1.807, 2.05) is 0 Å². The van der Waals surface area contributed by atoms with E-state index in [2.05, 4.69) is 38.2 Å². The van der Waals surface area contributed by atoms with Gasteiger partial charge >= 0.3 is 5.97 Å². The van der Waals surface area contributed by atoms with Gasteiger partial charge in [0.15, 0.2) is 6.29 Å².